The van der Waals surface area contributed by atoms with Gasteiger partial charge in [0, 0.05) is 0 Å². The minimum atomic E-state index is -0.539. The first-order valence-corrected chi connectivity index (χ1v) is 13.6. The van der Waals surface area contributed by atoms with E-state index in [2.05, 4.69) is 45.9 Å². The molecule has 0 amide bonds. The van der Waals surface area contributed by atoms with E-state index in [9.17, 15) is 4.11 Å². The van der Waals surface area contributed by atoms with Crippen LogP contribution in [0, 0.1) is 6.92 Å². The lowest BCUT2D eigenvalue weighted by Gasteiger charge is -2.42. The van der Waals surface area contributed by atoms with Gasteiger partial charge in [-0.15, -0.1) is 0 Å². The zero-order valence-electron chi connectivity index (χ0n) is 31.3. The Bertz CT molecular complexity index is 2050. The average Bonchev–Trinajstić information content (AvgIpc) is 3.04. The first kappa shape index (κ1) is 17.6. The fraction of sp³-hybridized carbons (Fsp3) is 0.231. The van der Waals surface area contributed by atoms with Crippen molar-refractivity contribution in [2.75, 3.05) is 0 Å². The van der Waals surface area contributed by atoms with Gasteiger partial charge < -0.3 is 0 Å². The molecule has 0 radical (unpaired) electrons. The lowest BCUT2D eigenvalue weighted by molar-refractivity contribution is 0.332. The highest BCUT2D eigenvalue weighted by atomic mass is 14.4. The summed E-state index contributed by atoms with van der Waals surface area (Å²) in [7, 11) is 0. The van der Waals surface area contributed by atoms with Crippen molar-refractivity contribution in [3.63, 3.8) is 0 Å². The summed E-state index contributed by atoms with van der Waals surface area (Å²) in [6.07, 6.45) is 2.20. The van der Waals surface area contributed by atoms with Crippen LogP contribution in [0.4, 0.5) is 0 Å². The van der Waals surface area contributed by atoms with Crippen LogP contribution in [0.2, 0.25) is 0 Å². The third kappa shape index (κ3) is 4.74. The summed E-state index contributed by atoms with van der Waals surface area (Å²) in [5, 5.41) is 0. The van der Waals surface area contributed by atoms with E-state index in [1.54, 1.807) is 24.3 Å². The van der Waals surface area contributed by atoms with Crippen LogP contribution in [0.15, 0.2) is 115 Å². The van der Waals surface area contributed by atoms with Crippen LogP contribution in [-0.4, -0.2) is 0 Å². The molecule has 0 nitrogen and oxygen atoms in total. The molecule has 1 aliphatic rings. The summed E-state index contributed by atoms with van der Waals surface area (Å²) in [5.41, 5.74) is 7.02. The Morgan fingerprint density at radius 1 is 0.538 bits per heavy atom. The Morgan fingerprint density at radius 3 is 1.82 bits per heavy atom. The third-order valence-corrected chi connectivity index (χ3v) is 8.33. The molecule has 0 saturated heterocycles. The fourth-order valence-corrected chi connectivity index (χ4v) is 5.83. The van der Waals surface area contributed by atoms with Gasteiger partial charge in [-0.25, -0.2) is 0 Å². The third-order valence-electron chi connectivity index (χ3n) is 8.33. The summed E-state index contributed by atoms with van der Waals surface area (Å²) in [4.78, 5) is 0. The molecule has 0 bridgehead atoms. The first-order chi connectivity index (χ1) is 22.1. The normalized spacial score (nSPS) is 18.4. The van der Waals surface area contributed by atoms with Gasteiger partial charge in [-0.2, -0.15) is 0 Å². The maximum Gasteiger partial charge on any atom is 0.0636 e. The van der Waals surface area contributed by atoms with E-state index in [0.29, 0.717) is 11.1 Å². The summed E-state index contributed by atoms with van der Waals surface area (Å²) >= 11 is 0. The van der Waals surface area contributed by atoms with E-state index in [1.807, 2.05) is 31.2 Å². The van der Waals surface area contributed by atoms with Crippen molar-refractivity contribution in [1.29, 1.82) is 0 Å². The van der Waals surface area contributed by atoms with Crippen molar-refractivity contribution in [2.24, 2.45) is 0 Å². The van der Waals surface area contributed by atoms with Crippen LogP contribution in [-0.2, 0) is 10.8 Å². The van der Waals surface area contributed by atoms with Gasteiger partial charge in [0.25, 0.3) is 0 Å². The quantitative estimate of drug-likeness (QED) is 0.224. The van der Waals surface area contributed by atoms with Crippen molar-refractivity contribution in [3.05, 3.63) is 132 Å². The topological polar surface area (TPSA) is 0 Å². The van der Waals surface area contributed by atoms with Crippen LogP contribution >= 0.6 is 0 Å². The van der Waals surface area contributed by atoms with E-state index in [4.69, 9.17) is 6.85 Å². The summed E-state index contributed by atoms with van der Waals surface area (Å²) in [6, 6.07) is 18.5. The van der Waals surface area contributed by atoms with E-state index < -0.39 is 30.2 Å². The Hall–Kier alpha value is -3.90. The van der Waals surface area contributed by atoms with Gasteiger partial charge >= 0.3 is 0 Å². The SMILES string of the molecule is [2H]c1c([2H])c([2H])c(-c2c([2H])c(-c3ccccc3)c([2H])c(-c3cccc(-c4ccc5c(c4)C(C)(C)CCC5(C)C)c3C)c2[2H])c([2H])c1[2H]. The molecule has 6 rings (SSSR count). The Balaban J connectivity index is 1.67. The van der Waals surface area contributed by atoms with Gasteiger partial charge in [0.2, 0.25) is 0 Å². The number of fused-ring (bicyclic) bond motifs is 1. The van der Waals surface area contributed by atoms with Gasteiger partial charge in [-0.1, -0.05) is 125 Å². The van der Waals surface area contributed by atoms with Gasteiger partial charge in [0.05, 0.1) is 11.0 Å². The summed E-state index contributed by atoms with van der Waals surface area (Å²) < 4.78 is 70.3. The van der Waals surface area contributed by atoms with Crippen molar-refractivity contribution in [3.8, 4) is 44.5 Å². The fourth-order valence-electron chi connectivity index (χ4n) is 5.83. The molecule has 5 aromatic carbocycles. The van der Waals surface area contributed by atoms with Gasteiger partial charge in [0.15, 0.2) is 0 Å². The van der Waals surface area contributed by atoms with Crippen LogP contribution in [0.5, 0.6) is 0 Å². The molecule has 0 unspecified atom stereocenters. The summed E-state index contributed by atoms with van der Waals surface area (Å²) in [5.74, 6) is 0. The molecule has 1 aliphatic carbocycles. The predicted molar refractivity (Wildman–Crippen MR) is 168 cm³/mol. The maximum absolute atomic E-state index is 9.47. The van der Waals surface area contributed by atoms with Gasteiger partial charge in [-0.3, -0.25) is 0 Å². The monoisotopic (exact) mass is 514 g/mol. The lowest BCUT2D eigenvalue weighted by atomic mass is 9.63. The molecule has 0 saturated carbocycles. The van der Waals surface area contributed by atoms with Crippen molar-refractivity contribution < 1.29 is 11.0 Å². The van der Waals surface area contributed by atoms with E-state index in [0.717, 1.165) is 29.5 Å². The molecule has 39 heavy (non-hydrogen) atoms. The molecule has 0 spiro atoms. The molecular formula is C39H38. The van der Waals surface area contributed by atoms with E-state index in [1.165, 1.54) is 11.1 Å². The van der Waals surface area contributed by atoms with Crippen LogP contribution in [0.1, 0.15) is 68.2 Å². The second kappa shape index (κ2) is 9.69. The van der Waals surface area contributed by atoms with Crippen molar-refractivity contribution in [1.82, 2.24) is 0 Å². The molecule has 0 heterocycles. The molecule has 0 aromatic heterocycles. The Kier molecular flexibility index (Phi) is 4.38. The molecule has 0 aliphatic heterocycles. The average molecular weight is 515 g/mol. The second-order valence-corrected chi connectivity index (χ2v) is 11.9. The number of benzene rings is 5. The van der Waals surface area contributed by atoms with Crippen molar-refractivity contribution >= 4 is 0 Å². The van der Waals surface area contributed by atoms with E-state index >= 15 is 0 Å². The molecular weight excluding hydrogens is 468 g/mol. The predicted octanol–water partition coefficient (Wildman–Crippen LogP) is 11.0. The van der Waals surface area contributed by atoms with Gasteiger partial charge in [0.1, 0.15) is 0 Å². The Labute approximate surface area is 245 Å². The second-order valence-electron chi connectivity index (χ2n) is 11.9. The highest BCUT2D eigenvalue weighted by molar-refractivity contribution is 5.85. The van der Waals surface area contributed by atoms with Crippen molar-refractivity contribution in [2.45, 2.75) is 58.3 Å². The largest absolute Gasteiger partial charge is 0.0636 e. The molecule has 0 atom stereocenters. The molecule has 0 fully saturated rings. The maximum atomic E-state index is 9.47. The summed E-state index contributed by atoms with van der Waals surface area (Å²) in [6.45, 7) is 11.2. The Morgan fingerprint density at radius 2 is 1.13 bits per heavy atom. The molecule has 0 heteroatoms. The van der Waals surface area contributed by atoms with Crippen LogP contribution in [0.3, 0.4) is 0 Å². The van der Waals surface area contributed by atoms with Crippen LogP contribution in [0.25, 0.3) is 44.5 Å². The van der Waals surface area contributed by atoms with Crippen LogP contribution < -0.4 is 0 Å². The number of hydrogen-bond acceptors (Lipinski definition) is 0. The standard InChI is InChI=1S/C39H38/c1-27-34(30-19-20-36-37(26-30)39(4,5)22-21-38(36,2)3)17-12-18-35(27)33-24-31(28-13-8-6-9-14-28)23-32(25-33)29-15-10-7-11-16-29/h6-20,23-26H,21-22H2,1-5H3/i6D,8D,9D,13D,14D,23D,24D,25D. The number of hydrogen-bond donors (Lipinski definition) is 0. The molecule has 5 aromatic rings. The van der Waals surface area contributed by atoms with Gasteiger partial charge in [-0.05, 0) is 110 Å². The van der Waals surface area contributed by atoms with E-state index in [-0.39, 0.29) is 51.2 Å². The minimum absolute atomic E-state index is 0.0163. The first-order valence-electron chi connectivity index (χ1n) is 17.6. The highest BCUT2D eigenvalue weighted by Gasteiger charge is 2.37. The number of rotatable bonds is 4. The molecule has 0 N–H and O–H groups in total. The zero-order chi connectivity index (χ0) is 34.2. The zero-order valence-corrected chi connectivity index (χ0v) is 23.3. The smallest absolute Gasteiger partial charge is 0.0622 e. The minimum Gasteiger partial charge on any atom is -0.0622 e. The highest BCUT2D eigenvalue weighted by Crippen LogP contribution is 2.47. The molecule has 194 valence electrons. The lowest BCUT2D eigenvalue weighted by Crippen LogP contribution is -2.33.